The number of carbonyl (C=O) groups excluding carboxylic acids is 1. The van der Waals surface area contributed by atoms with Gasteiger partial charge in [-0.1, -0.05) is 48.7 Å². The van der Waals surface area contributed by atoms with E-state index < -0.39 is 22.7 Å². The van der Waals surface area contributed by atoms with Gasteiger partial charge in [-0.2, -0.15) is 0 Å². The summed E-state index contributed by atoms with van der Waals surface area (Å²) >= 11 is 29.0. The van der Waals surface area contributed by atoms with Crippen LogP contribution in [0.5, 0.6) is 0 Å². The van der Waals surface area contributed by atoms with E-state index in [-0.39, 0.29) is 17.3 Å². The Morgan fingerprint density at radius 1 is 1.37 bits per heavy atom. The van der Waals surface area contributed by atoms with Crippen molar-refractivity contribution < 1.29 is 14.1 Å². The number of hydrogen-bond acceptors (Lipinski definition) is 3. The zero-order chi connectivity index (χ0) is 15.0. The van der Waals surface area contributed by atoms with Crippen LogP contribution in [0.15, 0.2) is 0 Å². The lowest BCUT2D eigenvalue weighted by atomic mass is 10.1. The third-order valence-corrected chi connectivity index (χ3v) is 4.80. The molecule has 3 unspecified atom stereocenters. The van der Waals surface area contributed by atoms with Gasteiger partial charge in [0.2, 0.25) is 10.6 Å². The molecular weight excluding hydrogens is 376 g/mol. The Morgan fingerprint density at radius 2 is 1.89 bits per heavy atom. The number of halogens is 5. The molecule has 0 heterocycles. The van der Waals surface area contributed by atoms with Gasteiger partial charge in [-0.25, -0.2) is 0 Å². The Hall–Kier alpha value is 1.31. The summed E-state index contributed by atoms with van der Waals surface area (Å²) in [5.41, 5.74) is -0.389. The zero-order valence-corrected chi connectivity index (χ0v) is 15.2. The van der Waals surface area contributed by atoms with Crippen LogP contribution in [0.4, 0.5) is 0 Å². The summed E-state index contributed by atoms with van der Waals surface area (Å²) in [7, 11) is 0. The highest BCUT2D eigenvalue weighted by Crippen LogP contribution is 2.66. The molecule has 0 bridgehead atoms. The molecule has 1 rings (SSSR count). The minimum absolute atomic E-state index is 0.301. The molecule has 0 aromatic heterocycles. The Balaban J connectivity index is 2.89. The standard InChI is InChI=1S/C10H14Cl5O3P/c1-4-17-8(16)6-5(9(6,2)3)7(10(11,12)13)18-19(14)15/h5-7H,4H2,1-3H3. The van der Waals surface area contributed by atoms with Crippen molar-refractivity contribution in [3.63, 3.8) is 0 Å². The second-order valence-corrected chi connectivity index (χ2v) is 10.2. The fourth-order valence-electron chi connectivity index (χ4n) is 2.34. The molecule has 3 nitrogen and oxygen atoms in total. The van der Waals surface area contributed by atoms with Crippen LogP contribution in [0.1, 0.15) is 20.8 Å². The highest BCUT2D eigenvalue weighted by molar-refractivity contribution is 8.00. The molecule has 1 aliphatic rings. The van der Waals surface area contributed by atoms with E-state index >= 15 is 0 Å². The fourth-order valence-corrected chi connectivity index (χ4v) is 4.04. The van der Waals surface area contributed by atoms with E-state index in [0.29, 0.717) is 6.61 Å². The normalized spacial score (nSPS) is 27.2. The van der Waals surface area contributed by atoms with Gasteiger partial charge >= 0.3 is 5.97 Å². The maximum Gasteiger partial charge on any atom is 0.309 e. The molecule has 0 amide bonds. The predicted molar refractivity (Wildman–Crippen MR) is 81.2 cm³/mol. The molecule has 19 heavy (non-hydrogen) atoms. The Morgan fingerprint density at radius 3 is 2.26 bits per heavy atom. The van der Waals surface area contributed by atoms with Gasteiger partial charge in [0.25, 0.3) is 0 Å². The summed E-state index contributed by atoms with van der Waals surface area (Å²) in [6, 6.07) is 0. The van der Waals surface area contributed by atoms with Crippen molar-refractivity contribution in [1.29, 1.82) is 0 Å². The molecule has 0 spiro atoms. The van der Waals surface area contributed by atoms with E-state index in [4.69, 9.17) is 66.5 Å². The van der Waals surface area contributed by atoms with Crippen molar-refractivity contribution in [3.8, 4) is 0 Å². The first-order valence-corrected chi connectivity index (χ1v) is 9.75. The van der Waals surface area contributed by atoms with Gasteiger partial charge < -0.3 is 9.26 Å². The van der Waals surface area contributed by atoms with Crippen LogP contribution in [0.3, 0.4) is 0 Å². The second-order valence-electron chi connectivity index (χ2n) is 4.85. The predicted octanol–water partition coefficient (Wildman–Crippen LogP) is 5.28. The number of rotatable bonds is 5. The van der Waals surface area contributed by atoms with Gasteiger partial charge in [0.05, 0.1) is 12.5 Å². The van der Waals surface area contributed by atoms with E-state index in [2.05, 4.69) is 0 Å². The molecule has 9 heteroatoms. The van der Waals surface area contributed by atoms with Crippen molar-refractivity contribution >= 4 is 70.1 Å². The van der Waals surface area contributed by atoms with Gasteiger partial charge in [-0.3, -0.25) is 4.79 Å². The lowest BCUT2D eigenvalue weighted by molar-refractivity contribution is -0.146. The Bertz CT molecular complexity index is 345. The van der Waals surface area contributed by atoms with E-state index in [1.54, 1.807) is 6.92 Å². The third kappa shape index (κ3) is 4.39. The van der Waals surface area contributed by atoms with E-state index in [9.17, 15) is 4.79 Å². The third-order valence-electron chi connectivity index (χ3n) is 3.29. The Labute approximate surface area is 138 Å². The van der Waals surface area contributed by atoms with Crippen LogP contribution in [0.25, 0.3) is 0 Å². The number of carbonyl (C=O) groups is 1. The summed E-state index contributed by atoms with van der Waals surface area (Å²) in [4.78, 5) is 11.9. The minimum Gasteiger partial charge on any atom is -0.466 e. The maximum absolute atomic E-state index is 11.9. The highest BCUT2D eigenvalue weighted by atomic mass is 35.9. The van der Waals surface area contributed by atoms with Gasteiger partial charge in [-0.05, 0) is 34.8 Å². The molecule has 3 atom stereocenters. The molecule has 1 aliphatic carbocycles. The van der Waals surface area contributed by atoms with Crippen molar-refractivity contribution in [3.05, 3.63) is 0 Å². The average molecular weight is 390 g/mol. The Kier molecular flexibility index (Phi) is 6.38. The molecule has 0 saturated heterocycles. The largest absolute Gasteiger partial charge is 0.466 e. The van der Waals surface area contributed by atoms with Crippen LogP contribution >= 0.6 is 64.1 Å². The van der Waals surface area contributed by atoms with Crippen molar-refractivity contribution in [2.24, 2.45) is 17.3 Å². The smallest absolute Gasteiger partial charge is 0.309 e. The van der Waals surface area contributed by atoms with Crippen molar-refractivity contribution in [2.45, 2.75) is 30.7 Å². The maximum atomic E-state index is 11.9. The number of alkyl halides is 3. The van der Waals surface area contributed by atoms with Crippen LogP contribution < -0.4 is 0 Å². The SMILES string of the molecule is CCOC(=O)C1C(C(OP(Cl)Cl)C(Cl)(Cl)Cl)C1(C)C. The van der Waals surface area contributed by atoms with Crippen molar-refractivity contribution in [2.75, 3.05) is 6.61 Å². The number of hydrogen-bond donors (Lipinski definition) is 0. The van der Waals surface area contributed by atoms with Gasteiger partial charge in [0, 0.05) is 5.92 Å². The minimum atomic E-state index is -1.75. The van der Waals surface area contributed by atoms with Gasteiger partial charge in [-0.15, -0.1) is 0 Å². The van der Waals surface area contributed by atoms with E-state index in [1.165, 1.54) is 0 Å². The summed E-state index contributed by atoms with van der Waals surface area (Å²) in [5.74, 6) is -1.02. The quantitative estimate of drug-likeness (QED) is 0.364. The molecule has 1 fully saturated rings. The first kappa shape index (κ1) is 18.4. The van der Waals surface area contributed by atoms with E-state index in [1.807, 2.05) is 13.8 Å². The number of esters is 1. The second kappa shape index (κ2) is 6.60. The molecular formula is C10H14Cl5O3P. The molecule has 0 aliphatic heterocycles. The molecule has 1 saturated carbocycles. The molecule has 0 radical (unpaired) electrons. The topological polar surface area (TPSA) is 35.5 Å². The molecule has 0 N–H and O–H groups in total. The molecule has 0 aromatic rings. The van der Waals surface area contributed by atoms with Crippen LogP contribution in [-0.2, 0) is 14.1 Å². The first-order chi connectivity index (χ1) is 8.53. The summed E-state index contributed by atoms with van der Waals surface area (Å²) < 4.78 is 8.63. The molecule has 112 valence electrons. The summed E-state index contributed by atoms with van der Waals surface area (Å²) in [6.45, 7) is 4.06. The zero-order valence-electron chi connectivity index (χ0n) is 10.5. The van der Waals surface area contributed by atoms with Crippen LogP contribution in [0, 0.1) is 17.3 Å². The lowest BCUT2D eigenvalue weighted by Gasteiger charge is -2.26. The highest BCUT2D eigenvalue weighted by Gasteiger charge is 2.69. The van der Waals surface area contributed by atoms with Crippen LogP contribution in [0.2, 0.25) is 0 Å². The van der Waals surface area contributed by atoms with Gasteiger partial charge in [0.1, 0.15) is 6.10 Å². The van der Waals surface area contributed by atoms with Crippen molar-refractivity contribution in [1.82, 2.24) is 0 Å². The summed E-state index contributed by atoms with van der Waals surface area (Å²) in [6.07, 6.45) is -0.858. The monoisotopic (exact) mass is 388 g/mol. The summed E-state index contributed by atoms with van der Waals surface area (Å²) in [5, 5.41) is 0. The first-order valence-electron chi connectivity index (χ1n) is 5.55. The van der Waals surface area contributed by atoms with Gasteiger partial charge in [0.15, 0.2) is 0 Å². The average Bonchev–Trinajstić information content (AvgIpc) is 2.76. The fraction of sp³-hybridized carbons (Fsp3) is 0.900. The lowest BCUT2D eigenvalue weighted by Crippen LogP contribution is -2.31. The van der Waals surface area contributed by atoms with E-state index in [0.717, 1.165) is 0 Å². The van der Waals surface area contributed by atoms with Crippen LogP contribution in [-0.4, -0.2) is 22.5 Å². The number of ether oxygens (including phenoxy) is 1. The molecule has 0 aromatic carbocycles.